The third-order valence-electron chi connectivity index (χ3n) is 4.46. The Labute approximate surface area is 173 Å². The Morgan fingerprint density at radius 3 is 2.27 bits per heavy atom. The van der Waals surface area contributed by atoms with E-state index < -0.39 is 5.91 Å². The van der Waals surface area contributed by atoms with Crippen molar-refractivity contribution in [3.05, 3.63) is 77.1 Å². The lowest BCUT2D eigenvalue weighted by Gasteiger charge is -2.27. The van der Waals surface area contributed by atoms with Gasteiger partial charge in [-0.1, -0.05) is 36.4 Å². The van der Waals surface area contributed by atoms with E-state index in [1.807, 2.05) is 0 Å². The van der Waals surface area contributed by atoms with Crippen LogP contribution in [-0.2, 0) is 14.3 Å². The van der Waals surface area contributed by atoms with Gasteiger partial charge < -0.3 is 4.74 Å². The van der Waals surface area contributed by atoms with E-state index >= 15 is 0 Å². The van der Waals surface area contributed by atoms with Crippen LogP contribution in [0.2, 0.25) is 0 Å². The van der Waals surface area contributed by atoms with Gasteiger partial charge in [-0.3, -0.25) is 20.2 Å². The fourth-order valence-electron chi connectivity index (χ4n) is 2.87. The Morgan fingerprint density at radius 2 is 1.63 bits per heavy atom. The monoisotopic (exact) mass is 411 g/mol. The number of benzene rings is 2. The molecule has 156 valence electrons. The number of rotatable bonds is 6. The molecule has 1 fully saturated rings. The molecular formula is C22H22FN3O4. The Balaban J connectivity index is 1.84. The van der Waals surface area contributed by atoms with Crippen LogP contribution in [0.15, 0.2) is 54.6 Å². The van der Waals surface area contributed by atoms with E-state index in [1.165, 1.54) is 23.7 Å². The lowest BCUT2D eigenvalue weighted by atomic mass is 10.0. The van der Waals surface area contributed by atoms with Crippen LogP contribution in [0.3, 0.4) is 0 Å². The second-order valence-electron chi connectivity index (χ2n) is 6.58. The van der Waals surface area contributed by atoms with Crippen LogP contribution in [0.5, 0.6) is 0 Å². The quantitative estimate of drug-likeness (QED) is 0.294. The van der Waals surface area contributed by atoms with Crippen LogP contribution in [0.25, 0.3) is 17.7 Å². The molecule has 2 amide bonds. The molecule has 0 aromatic heterocycles. The van der Waals surface area contributed by atoms with Crippen molar-refractivity contribution < 1.29 is 23.9 Å². The fraction of sp³-hybridized carbons (Fsp3) is 0.182. The van der Waals surface area contributed by atoms with Gasteiger partial charge in [0.15, 0.2) is 0 Å². The SMILES string of the molecule is O=C(/C=C/c1ccc(/C=C(/C(=O)NN2CCOCC2)c2ccc(F)cc2)cc1)NO. The minimum Gasteiger partial charge on any atom is -0.379 e. The fourth-order valence-corrected chi connectivity index (χ4v) is 2.87. The van der Waals surface area contributed by atoms with Crippen LogP contribution in [-0.4, -0.2) is 48.3 Å². The summed E-state index contributed by atoms with van der Waals surface area (Å²) in [4.78, 5) is 24.0. The summed E-state index contributed by atoms with van der Waals surface area (Å²) < 4.78 is 18.7. The molecule has 8 heteroatoms. The number of hydroxylamine groups is 1. The molecule has 0 atom stereocenters. The molecule has 0 radical (unpaired) electrons. The van der Waals surface area contributed by atoms with E-state index in [0.29, 0.717) is 37.4 Å². The summed E-state index contributed by atoms with van der Waals surface area (Å²) in [5, 5.41) is 10.3. The van der Waals surface area contributed by atoms with E-state index in [0.717, 1.165) is 11.1 Å². The Morgan fingerprint density at radius 1 is 1.00 bits per heavy atom. The Kier molecular flexibility index (Phi) is 7.45. The Bertz CT molecular complexity index is 934. The van der Waals surface area contributed by atoms with Gasteiger partial charge in [0.1, 0.15) is 5.82 Å². The molecule has 1 aliphatic heterocycles. The third-order valence-corrected chi connectivity index (χ3v) is 4.46. The van der Waals surface area contributed by atoms with Crippen LogP contribution >= 0.6 is 0 Å². The highest BCUT2D eigenvalue weighted by Gasteiger charge is 2.17. The zero-order valence-electron chi connectivity index (χ0n) is 16.2. The number of amides is 2. The smallest absolute Gasteiger partial charge is 0.267 e. The number of ether oxygens (including phenoxy) is 1. The van der Waals surface area contributed by atoms with Gasteiger partial charge in [0.25, 0.3) is 11.8 Å². The molecule has 0 unspecified atom stereocenters. The Hall–Kier alpha value is -3.33. The highest BCUT2D eigenvalue weighted by Crippen LogP contribution is 2.20. The van der Waals surface area contributed by atoms with Gasteiger partial charge in [0.05, 0.1) is 13.2 Å². The first-order valence-corrected chi connectivity index (χ1v) is 9.39. The summed E-state index contributed by atoms with van der Waals surface area (Å²) in [6.45, 7) is 2.26. The third kappa shape index (κ3) is 6.08. The van der Waals surface area contributed by atoms with Crippen LogP contribution in [0, 0.1) is 5.82 Å². The first kappa shape index (κ1) is 21.4. The number of hydrogen-bond acceptors (Lipinski definition) is 5. The minimum atomic E-state index is -0.627. The maximum absolute atomic E-state index is 13.4. The number of morpholine rings is 1. The first-order valence-electron chi connectivity index (χ1n) is 9.39. The van der Waals surface area contributed by atoms with Crippen molar-refractivity contribution >= 4 is 29.5 Å². The molecule has 30 heavy (non-hydrogen) atoms. The number of nitrogens with one attached hydrogen (secondary N) is 2. The molecule has 1 saturated heterocycles. The van der Waals surface area contributed by atoms with Crippen molar-refractivity contribution in [3.8, 4) is 0 Å². The maximum Gasteiger partial charge on any atom is 0.267 e. The van der Waals surface area contributed by atoms with Crippen molar-refractivity contribution in [2.24, 2.45) is 0 Å². The van der Waals surface area contributed by atoms with Gasteiger partial charge in [-0.05, 0) is 41.0 Å². The molecule has 2 aromatic carbocycles. The number of carbonyl (C=O) groups is 2. The first-order chi connectivity index (χ1) is 14.5. The normalized spacial score (nSPS) is 15.2. The maximum atomic E-state index is 13.4. The zero-order chi connectivity index (χ0) is 21.3. The van der Waals surface area contributed by atoms with Crippen LogP contribution in [0.4, 0.5) is 4.39 Å². The van der Waals surface area contributed by atoms with Crippen LogP contribution in [0.1, 0.15) is 16.7 Å². The summed E-state index contributed by atoms with van der Waals surface area (Å²) in [7, 11) is 0. The summed E-state index contributed by atoms with van der Waals surface area (Å²) in [6, 6.07) is 12.9. The van der Waals surface area contributed by atoms with E-state index in [2.05, 4.69) is 5.43 Å². The average molecular weight is 411 g/mol. The van der Waals surface area contributed by atoms with E-state index in [1.54, 1.807) is 53.6 Å². The molecule has 0 bridgehead atoms. The number of nitrogens with zero attached hydrogens (tertiary/aromatic N) is 1. The minimum absolute atomic E-state index is 0.299. The van der Waals surface area contributed by atoms with Gasteiger partial charge in [-0.15, -0.1) is 0 Å². The van der Waals surface area contributed by atoms with Crippen LogP contribution < -0.4 is 10.9 Å². The van der Waals surface area contributed by atoms with E-state index in [-0.39, 0.29) is 11.7 Å². The van der Waals surface area contributed by atoms with Gasteiger partial charge in [-0.2, -0.15) is 0 Å². The molecule has 3 N–H and O–H groups in total. The van der Waals surface area contributed by atoms with Crippen molar-refractivity contribution in [3.63, 3.8) is 0 Å². The van der Waals surface area contributed by atoms with Crippen molar-refractivity contribution in [2.75, 3.05) is 26.3 Å². The predicted molar refractivity (Wildman–Crippen MR) is 110 cm³/mol. The summed E-state index contributed by atoms with van der Waals surface area (Å²) in [5.74, 6) is -1.31. The zero-order valence-corrected chi connectivity index (χ0v) is 16.2. The average Bonchev–Trinajstić information content (AvgIpc) is 2.78. The molecule has 1 aliphatic rings. The van der Waals surface area contributed by atoms with E-state index in [9.17, 15) is 14.0 Å². The van der Waals surface area contributed by atoms with Crippen molar-refractivity contribution in [1.82, 2.24) is 15.9 Å². The van der Waals surface area contributed by atoms with Crippen molar-refractivity contribution in [2.45, 2.75) is 0 Å². The highest BCUT2D eigenvalue weighted by molar-refractivity contribution is 6.24. The summed E-state index contributed by atoms with van der Waals surface area (Å²) in [5.41, 5.74) is 6.89. The number of hydrazine groups is 1. The number of halogens is 1. The van der Waals surface area contributed by atoms with Gasteiger partial charge in [0.2, 0.25) is 0 Å². The van der Waals surface area contributed by atoms with Gasteiger partial charge in [-0.25, -0.2) is 14.9 Å². The molecule has 1 heterocycles. The summed E-state index contributed by atoms with van der Waals surface area (Å²) in [6.07, 6.45) is 4.46. The molecule has 0 aliphatic carbocycles. The van der Waals surface area contributed by atoms with Gasteiger partial charge in [0, 0.05) is 24.7 Å². The van der Waals surface area contributed by atoms with Crippen molar-refractivity contribution in [1.29, 1.82) is 0 Å². The van der Waals surface area contributed by atoms with Gasteiger partial charge >= 0.3 is 0 Å². The topological polar surface area (TPSA) is 90.9 Å². The second kappa shape index (κ2) is 10.4. The standard InChI is InChI=1S/C22H22FN3O4/c23-19-8-6-18(7-9-19)20(22(28)24-26-11-13-30-14-12-26)15-17-3-1-16(2-4-17)5-10-21(27)25-29/h1-10,15,29H,11-14H2,(H,24,28)(H,25,27)/b10-5+,20-15+. The second-order valence-corrected chi connectivity index (χ2v) is 6.58. The molecule has 3 rings (SSSR count). The number of hydrogen-bond donors (Lipinski definition) is 3. The largest absolute Gasteiger partial charge is 0.379 e. The molecular weight excluding hydrogens is 389 g/mol. The summed E-state index contributed by atoms with van der Waals surface area (Å²) >= 11 is 0. The molecule has 0 spiro atoms. The highest BCUT2D eigenvalue weighted by atomic mass is 19.1. The molecule has 0 saturated carbocycles. The molecule has 7 nitrogen and oxygen atoms in total. The lowest BCUT2D eigenvalue weighted by Crippen LogP contribution is -2.48. The number of carbonyl (C=O) groups excluding carboxylic acids is 2. The van der Waals surface area contributed by atoms with E-state index in [4.69, 9.17) is 9.94 Å². The predicted octanol–water partition coefficient (Wildman–Crippen LogP) is 2.25. The lowest BCUT2D eigenvalue weighted by molar-refractivity contribution is -0.124. The molecule has 2 aromatic rings.